The van der Waals surface area contributed by atoms with Crippen LogP contribution in [0.25, 0.3) is 5.57 Å². The Morgan fingerprint density at radius 1 is 1.18 bits per heavy atom. The van der Waals surface area contributed by atoms with Gasteiger partial charge in [0.2, 0.25) is 0 Å². The van der Waals surface area contributed by atoms with Crippen LogP contribution in [0.15, 0.2) is 66.9 Å². The van der Waals surface area contributed by atoms with E-state index in [1.807, 2.05) is 48.5 Å². The number of rotatable bonds is 6. The van der Waals surface area contributed by atoms with Gasteiger partial charge in [-0.2, -0.15) is 0 Å². The lowest BCUT2D eigenvalue weighted by molar-refractivity contribution is -0.143. The van der Waals surface area contributed by atoms with Gasteiger partial charge in [0.25, 0.3) is 0 Å². The van der Waals surface area contributed by atoms with Crippen LogP contribution in [0.3, 0.4) is 0 Å². The molecule has 2 aliphatic heterocycles. The van der Waals surface area contributed by atoms with Gasteiger partial charge in [-0.15, -0.1) is 0 Å². The summed E-state index contributed by atoms with van der Waals surface area (Å²) in [7, 11) is 1.44. The van der Waals surface area contributed by atoms with E-state index >= 15 is 0 Å². The fourth-order valence-electron chi connectivity index (χ4n) is 5.27. The quantitative estimate of drug-likeness (QED) is 0.433. The van der Waals surface area contributed by atoms with Crippen LogP contribution in [0, 0.1) is 0 Å². The summed E-state index contributed by atoms with van der Waals surface area (Å²) in [5.74, 6) is 0.525. The predicted molar refractivity (Wildman–Crippen MR) is 153 cm³/mol. The molecule has 1 N–H and O–H groups in total. The monoisotopic (exact) mass is 547 g/mol. The third-order valence-corrected chi connectivity index (χ3v) is 7.66. The van der Waals surface area contributed by atoms with E-state index in [0.29, 0.717) is 24.7 Å². The second kappa shape index (κ2) is 11.4. The molecule has 1 fully saturated rings. The zero-order valence-corrected chi connectivity index (χ0v) is 23.3. The maximum absolute atomic E-state index is 12.7. The lowest BCUT2D eigenvalue weighted by Gasteiger charge is -2.41. The van der Waals surface area contributed by atoms with Crippen LogP contribution in [0.1, 0.15) is 42.7 Å². The molecule has 5 rings (SSSR count). The molecule has 3 aromatic rings. The zero-order chi connectivity index (χ0) is 27.6. The fourth-order valence-corrected chi connectivity index (χ4v) is 5.40. The second-order valence-corrected chi connectivity index (χ2v) is 10.9. The first kappa shape index (κ1) is 27.2. The Kier molecular flexibility index (Phi) is 7.93. The third kappa shape index (κ3) is 5.96. The molecule has 1 aromatic heterocycles. The molecule has 2 aliphatic rings. The number of aromatic nitrogens is 1. The summed E-state index contributed by atoms with van der Waals surface area (Å²) < 4.78 is 11.3. The summed E-state index contributed by atoms with van der Waals surface area (Å²) in [5.41, 5.74) is 4.70. The number of carbonyl (C=O) groups excluding carboxylic acids is 1. The number of hydrogen-bond donors (Lipinski definition) is 1. The number of ether oxygens (including phenoxy) is 2. The molecule has 204 valence electrons. The number of anilines is 1. The SMILES string of the molecule is COC(=O)C1CN(CCC=C2c3cc(C(C)(C)O)ccc3OCc3ncccc32)CCN1c1ccc(Cl)cc1. The van der Waals surface area contributed by atoms with Gasteiger partial charge >= 0.3 is 5.97 Å². The van der Waals surface area contributed by atoms with E-state index in [1.165, 1.54) is 7.11 Å². The highest BCUT2D eigenvalue weighted by atomic mass is 35.5. The fraction of sp³-hybridized carbons (Fsp3) is 0.355. The summed E-state index contributed by atoms with van der Waals surface area (Å²) >= 11 is 6.08. The largest absolute Gasteiger partial charge is 0.487 e. The van der Waals surface area contributed by atoms with Crippen LogP contribution in [-0.4, -0.2) is 60.3 Å². The van der Waals surface area contributed by atoms with E-state index < -0.39 is 11.6 Å². The smallest absolute Gasteiger partial charge is 0.329 e. The van der Waals surface area contributed by atoms with Crippen LogP contribution >= 0.6 is 11.6 Å². The van der Waals surface area contributed by atoms with Crippen molar-refractivity contribution in [2.45, 2.75) is 38.5 Å². The molecule has 0 bridgehead atoms. The molecule has 0 aliphatic carbocycles. The molecule has 3 heterocycles. The highest BCUT2D eigenvalue weighted by molar-refractivity contribution is 6.30. The number of benzene rings is 2. The highest BCUT2D eigenvalue weighted by Crippen LogP contribution is 2.38. The van der Waals surface area contributed by atoms with Crippen molar-refractivity contribution in [3.05, 3.63) is 94.3 Å². The Bertz CT molecular complexity index is 1370. The first-order chi connectivity index (χ1) is 18.7. The molecule has 0 spiro atoms. The molecule has 1 atom stereocenters. The minimum absolute atomic E-state index is 0.248. The summed E-state index contributed by atoms with van der Waals surface area (Å²) in [5, 5.41) is 11.3. The zero-order valence-electron chi connectivity index (χ0n) is 22.6. The van der Waals surface area contributed by atoms with Gasteiger partial charge in [-0.05, 0) is 73.9 Å². The number of halogens is 1. The van der Waals surface area contributed by atoms with Gasteiger partial charge in [-0.3, -0.25) is 9.88 Å². The van der Waals surface area contributed by atoms with E-state index in [2.05, 4.69) is 26.9 Å². The first-order valence-electron chi connectivity index (χ1n) is 13.2. The number of carbonyl (C=O) groups is 1. The minimum atomic E-state index is -0.975. The van der Waals surface area contributed by atoms with Crippen molar-refractivity contribution in [1.82, 2.24) is 9.88 Å². The maximum Gasteiger partial charge on any atom is 0.329 e. The second-order valence-electron chi connectivity index (χ2n) is 10.5. The number of pyridine rings is 1. The van der Waals surface area contributed by atoms with Crippen molar-refractivity contribution in [3.63, 3.8) is 0 Å². The van der Waals surface area contributed by atoms with Gasteiger partial charge in [-0.1, -0.05) is 29.8 Å². The number of aliphatic hydroxyl groups is 1. The Balaban J connectivity index is 1.39. The first-order valence-corrected chi connectivity index (χ1v) is 13.6. The van der Waals surface area contributed by atoms with Crippen molar-refractivity contribution in [3.8, 4) is 5.75 Å². The Morgan fingerprint density at radius 2 is 1.97 bits per heavy atom. The van der Waals surface area contributed by atoms with Crippen LogP contribution in [0.5, 0.6) is 5.75 Å². The number of esters is 1. The van der Waals surface area contributed by atoms with E-state index in [1.54, 1.807) is 20.0 Å². The molecular weight excluding hydrogens is 514 g/mol. The average molecular weight is 548 g/mol. The molecule has 0 saturated carbocycles. The minimum Gasteiger partial charge on any atom is -0.487 e. The summed E-state index contributed by atoms with van der Waals surface area (Å²) in [6.45, 7) is 6.83. The normalized spacial score (nSPS) is 18.6. The molecule has 7 nitrogen and oxygen atoms in total. The molecule has 0 amide bonds. The molecule has 1 unspecified atom stereocenters. The number of methoxy groups -OCH3 is 1. The van der Waals surface area contributed by atoms with E-state index in [4.69, 9.17) is 21.1 Å². The van der Waals surface area contributed by atoms with E-state index in [0.717, 1.165) is 58.9 Å². The Morgan fingerprint density at radius 3 is 2.72 bits per heavy atom. The highest BCUT2D eigenvalue weighted by Gasteiger charge is 2.33. The maximum atomic E-state index is 12.7. The van der Waals surface area contributed by atoms with Crippen LogP contribution < -0.4 is 9.64 Å². The number of piperazine rings is 1. The van der Waals surface area contributed by atoms with E-state index in [-0.39, 0.29) is 5.97 Å². The molecule has 1 saturated heterocycles. The van der Waals surface area contributed by atoms with Gasteiger partial charge in [0.1, 0.15) is 18.4 Å². The van der Waals surface area contributed by atoms with Crippen LogP contribution in [-0.2, 0) is 21.7 Å². The van der Waals surface area contributed by atoms with Crippen molar-refractivity contribution in [1.29, 1.82) is 0 Å². The summed E-state index contributed by atoms with van der Waals surface area (Å²) in [6.07, 6.45) is 4.77. The molecule has 39 heavy (non-hydrogen) atoms. The molecule has 0 radical (unpaired) electrons. The molecular formula is C31H34ClN3O4. The standard InChI is InChI=1S/C31H34ClN3O4/c1-31(2,37)21-8-13-29-26(18-21)24(25-6-4-14-33-27(25)20-39-29)7-5-15-34-16-17-35(28(19-34)30(36)38-3)23-11-9-22(32)10-12-23/h4,6-14,18,28,37H,5,15-17,19-20H2,1-3H3. The van der Waals surface area contributed by atoms with Crippen LogP contribution in [0.2, 0.25) is 5.02 Å². The predicted octanol–water partition coefficient (Wildman–Crippen LogP) is 5.04. The topological polar surface area (TPSA) is 75.1 Å². The van der Waals surface area contributed by atoms with Gasteiger partial charge < -0.3 is 19.5 Å². The van der Waals surface area contributed by atoms with Crippen molar-refractivity contribution in [2.24, 2.45) is 0 Å². The summed E-state index contributed by atoms with van der Waals surface area (Å²) in [6, 6.07) is 17.0. The van der Waals surface area contributed by atoms with E-state index in [9.17, 15) is 9.90 Å². The van der Waals surface area contributed by atoms with Gasteiger partial charge in [0.15, 0.2) is 0 Å². The lowest BCUT2D eigenvalue weighted by atomic mass is 9.90. The summed E-state index contributed by atoms with van der Waals surface area (Å²) in [4.78, 5) is 21.7. The Labute approximate surface area is 234 Å². The molecule has 2 aromatic carbocycles. The Hall–Kier alpha value is -3.39. The van der Waals surface area contributed by atoms with Crippen LogP contribution in [0.4, 0.5) is 5.69 Å². The lowest BCUT2D eigenvalue weighted by Crippen LogP contribution is -2.57. The van der Waals surface area contributed by atoms with Gasteiger partial charge in [0, 0.05) is 54.2 Å². The van der Waals surface area contributed by atoms with Gasteiger partial charge in [0.05, 0.1) is 18.4 Å². The number of hydrogen-bond acceptors (Lipinski definition) is 7. The van der Waals surface area contributed by atoms with Crippen molar-refractivity contribution >= 4 is 28.8 Å². The van der Waals surface area contributed by atoms with Crippen molar-refractivity contribution < 1.29 is 19.4 Å². The number of fused-ring (bicyclic) bond motifs is 2. The molecule has 8 heteroatoms. The van der Waals surface area contributed by atoms with Crippen molar-refractivity contribution in [2.75, 3.05) is 38.2 Å². The number of nitrogens with zero attached hydrogens (tertiary/aromatic N) is 3. The average Bonchev–Trinajstić information content (AvgIpc) is 3.09. The third-order valence-electron chi connectivity index (χ3n) is 7.41. The van der Waals surface area contributed by atoms with Gasteiger partial charge in [-0.25, -0.2) is 4.79 Å².